The van der Waals surface area contributed by atoms with Crippen LogP contribution in [0.3, 0.4) is 0 Å². The zero-order chi connectivity index (χ0) is 9.97. The zero-order valence-corrected chi connectivity index (χ0v) is 8.91. The molecule has 14 heavy (non-hydrogen) atoms. The largest absolute Gasteiger partial charge is 0.254 e. The van der Waals surface area contributed by atoms with E-state index in [4.69, 9.17) is 0 Å². The smallest absolute Gasteiger partial charge is 0.123 e. The van der Waals surface area contributed by atoms with E-state index >= 15 is 0 Å². The summed E-state index contributed by atoms with van der Waals surface area (Å²) in [5, 5.41) is 4.09. The average Bonchev–Trinajstić information content (AvgIpc) is 2.52. The van der Waals surface area contributed by atoms with Gasteiger partial charge in [-0.15, -0.1) is 0 Å². The van der Waals surface area contributed by atoms with Gasteiger partial charge in [0.1, 0.15) is 10.4 Å². The van der Waals surface area contributed by atoms with Crippen molar-refractivity contribution in [2.45, 2.75) is 6.54 Å². The van der Waals surface area contributed by atoms with Gasteiger partial charge in [0.25, 0.3) is 0 Å². The third kappa shape index (κ3) is 2.01. The predicted molar refractivity (Wildman–Crippen MR) is 55.4 cm³/mol. The molecule has 1 heterocycles. The van der Waals surface area contributed by atoms with Crippen LogP contribution in [0.15, 0.2) is 41.1 Å². The highest BCUT2D eigenvalue weighted by Crippen LogP contribution is 2.11. The summed E-state index contributed by atoms with van der Waals surface area (Å²) in [6.07, 6.45) is 1.70. The van der Waals surface area contributed by atoms with Gasteiger partial charge in [-0.2, -0.15) is 5.10 Å². The predicted octanol–water partition coefficient (Wildman–Crippen LogP) is 2.83. The van der Waals surface area contributed by atoms with Crippen LogP contribution in [0, 0.1) is 5.82 Å². The van der Waals surface area contributed by atoms with E-state index in [0.29, 0.717) is 6.54 Å². The highest BCUT2D eigenvalue weighted by Gasteiger charge is 2.00. The molecule has 1 aromatic heterocycles. The van der Waals surface area contributed by atoms with Crippen molar-refractivity contribution in [3.05, 3.63) is 52.5 Å². The molecule has 0 radical (unpaired) electrons. The van der Waals surface area contributed by atoms with Gasteiger partial charge in [-0.05, 0) is 39.7 Å². The molecule has 2 nitrogen and oxygen atoms in total. The van der Waals surface area contributed by atoms with Crippen molar-refractivity contribution in [1.82, 2.24) is 9.78 Å². The van der Waals surface area contributed by atoms with Gasteiger partial charge in [0.2, 0.25) is 0 Å². The van der Waals surface area contributed by atoms with Gasteiger partial charge in [0.15, 0.2) is 0 Å². The first kappa shape index (κ1) is 9.40. The molecule has 0 atom stereocenters. The molecule has 0 saturated carbocycles. The van der Waals surface area contributed by atoms with E-state index < -0.39 is 0 Å². The second kappa shape index (κ2) is 3.92. The van der Waals surface area contributed by atoms with E-state index in [0.717, 1.165) is 10.2 Å². The normalized spacial score (nSPS) is 10.4. The molecule has 0 amide bonds. The van der Waals surface area contributed by atoms with Crippen LogP contribution in [0.5, 0.6) is 0 Å². The quantitative estimate of drug-likeness (QED) is 0.806. The first-order valence-electron chi connectivity index (χ1n) is 4.17. The summed E-state index contributed by atoms with van der Waals surface area (Å²) in [5.74, 6) is -0.217. The monoisotopic (exact) mass is 254 g/mol. The summed E-state index contributed by atoms with van der Waals surface area (Å²) < 4.78 is 15.5. The third-order valence-corrected chi connectivity index (χ3v) is 2.56. The Labute approximate surface area is 89.5 Å². The molecule has 0 aliphatic rings. The number of hydrogen-bond donors (Lipinski definition) is 0. The lowest BCUT2D eigenvalue weighted by Crippen LogP contribution is -2.01. The lowest BCUT2D eigenvalue weighted by molar-refractivity contribution is 0.617. The van der Waals surface area contributed by atoms with Gasteiger partial charge in [-0.25, -0.2) is 4.39 Å². The zero-order valence-electron chi connectivity index (χ0n) is 7.32. The fourth-order valence-electron chi connectivity index (χ4n) is 1.24. The molecule has 1 aromatic carbocycles. The van der Waals surface area contributed by atoms with Crippen molar-refractivity contribution in [3.8, 4) is 0 Å². The van der Waals surface area contributed by atoms with Crippen LogP contribution in [-0.4, -0.2) is 9.78 Å². The summed E-state index contributed by atoms with van der Waals surface area (Å²) in [5.41, 5.74) is 0.898. The van der Waals surface area contributed by atoms with E-state index in [1.807, 2.05) is 12.1 Å². The van der Waals surface area contributed by atoms with E-state index in [1.54, 1.807) is 16.9 Å². The molecular formula is C10H8BrFN2. The third-order valence-electron chi connectivity index (χ3n) is 1.89. The first-order valence-corrected chi connectivity index (χ1v) is 4.97. The fraction of sp³-hybridized carbons (Fsp3) is 0.100. The molecular weight excluding hydrogens is 247 g/mol. The van der Waals surface area contributed by atoms with E-state index in [2.05, 4.69) is 21.0 Å². The summed E-state index contributed by atoms with van der Waals surface area (Å²) >= 11 is 3.35. The summed E-state index contributed by atoms with van der Waals surface area (Å²) in [4.78, 5) is 0. The molecule has 0 saturated heterocycles. The van der Waals surface area contributed by atoms with Crippen molar-refractivity contribution in [1.29, 1.82) is 0 Å². The number of rotatable bonds is 2. The molecule has 4 heteroatoms. The SMILES string of the molecule is Fc1cccc(Cn2nccc2Br)c1. The molecule has 0 aliphatic carbocycles. The van der Waals surface area contributed by atoms with Crippen molar-refractivity contribution in [2.24, 2.45) is 0 Å². The van der Waals surface area contributed by atoms with Gasteiger partial charge >= 0.3 is 0 Å². The first-order chi connectivity index (χ1) is 6.75. The van der Waals surface area contributed by atoms with Crippen LogP contribution in [-0.2, 0) is 6.54 Å². The van der Waals surface area contributed by atoms with Crippen LogP contribution in [0.1, 0.15) is 5.56 Å². The highest BCUT2D eigenvalue weighted by molar-refractivity contribution is 9.10. The maximum atomic E-state index is 12.9. The molecule has 0 N–H and O–H groups in total. The highest BCUT2D eigenvalue weighted by atomic mass is 79.9. The number of benzene rings is 1. The molecule has 72 valence electrons. The van der Waals surface area contributed by atoms with Gasteiger partial charge in [-0.1, -0.05) is 12.1 Å². The van der Waals surface area contributed by atoms with Crippen LogP contribution >= 0.6 is 15.9 Å². The standard InChI is InChI=1S/C10H8BrFN2/c11-10-4-5-13-14(10)7-8-2-1-3-9(12)6-8/h1-6H,7H2. The maximum Gasteiger partial charge on any atom is 0.123 e. The Balaban J connectivity index is 2.23. The van der Waals surface area contributed by atoms with Crippen LogP contribution in [0.25, 0.3) is 0 Å². The van der Waals surface area contributed by atoms with Gasteiger partial charge in [0, 0.05) is 0 Å². The molecule has 0 unspecified atom stereocenters. The molecule has 0 spiro atoms. The van der Waals surface area contributed by atoms with Crippen molar-refractivity contribution in [2.75, 3.05) is 0 Å². The fourth-order valence-corrected chi connectivity index (χ4v) is 1.58. The Morgan fingerprint density at radius 3 is 2.86 bits per heavy atom. The number of aromatic nitrogens is 2. The van der Waals surface area contributed by atoms with Gasteiger partial charge < -0.3 is 0 Å². The number of hydrogen-bond acceptors (Lipinski definition) is 1. The minimum absolute atomic E-state index is 0.217. The van der Waals surface area contributed by atoms with Crippen LogP contribution in [0.2, 0.25) is 0 Å². The number of halogens is 2. The Kier molecular flexibility index (Phi) is 2.63. The molecule has 0 bridgehead atoms. The summed E-state index contributed by atoms with van der Waals surface area (Å²) in [7, 11) is 0. The molecule has 0 fully saturated rings. The van der Waals surface area contributed by atoms with Crippen molar-refractivity contribution < 1.29 is 4.39 Å². The van der Waals surface area contributed by atoms with Crippen molar-refractivity contribution >= 4 is 15.9 Å². The Morgan fingerprint density at radius 1 is 1.36 bits per heavy atom. The second-order valence-corrected chi connectivity index (χ2v) is 3.75. The van der Waals surface area contributed by atoms with Crippen molar-refractivity contribution in [3.63, 3.8) is 0 Å². The summed E-state index contributed by atoms with van der Waals surface area (Å²) in [6, 6.07) is 8.36. The number of nitrogens with zero attached hydrogens (tertiary/aromatic N) is 2. The molecule has 0 aliphatic heterocycles. The Hall–Kier alpha value is -1.16. The summed E-state index contributed by atoms with van der Waals surface area (Å²) in [6.45, 7) is 0.575. The van der Waals surface area contributed by atoms with E-state index in [9.17, 15) is 4.39 Å². The average molecular weight is 255 g/mol. The lowest BCUT2D eigenvalue weighted by Gasteiger charge is -2.03. The van der Waals surface area contributed by atoms with E-state index in [-0.39, 0.29) is 5.82 Å². The molecule has 2 aromatic rings. The minimum atomic E-state index is -0.217. The maximum absolute atomic E-state index is 12.9. The van der Waals surface area contributed by atoms with Gasteiger partial charge in [0.05, 0.1) is 12.7 Å². The minimum Gasteiger partial charge on any atom is -0.254 e. The second-order valence-electron chi connectivity index (χ2n) is 2.94. The Bertz CT molecular complexity index is 439. The van der Waals surface area contributed by atoms with Gasteiger partial charge in [-0.3, -0.25) is 4.68 Å². The lowest BCUT2D eigenvalue weighted by atomic mass is 10.2. The topological polar surface area (TPSA) is 17.8 Å². The Morgan fingerprint density at radius 2 is 2.21 bits per heavy atom. The van der Waals surface area contributed by atoms with E-state index in [1.165, 1.54) is 12.1 Å². The molecule has 2 rings (SSSR count). The van der Waals surface area contributed by atoms with Crippen LogP contribution < -0.4 is 0 Å². The van der Waals surface area contributed by atoms with Crippen LogP contribution in [0.4, 0.5) is 4.39 Å².